The van der Waals surface area contributed by atoms with Crippen LogP contribution in [0.3, 0.4) is 0 Å². The molecule has 1 saturated heterocycles. The summed E-state index contributed by atoms with van der Waals surface area (Å²) in [5.41, 5.74) is 0.179. The molecule has 0 saturated carbocycles. The Hall–Kier alpha value is -2.10. The largest absolute Gasteiger partial charge is 0.369 e. The number of ether oxygens (including phenoxy) is 1. The minimum atomic E-state index is -0.740. The van der Waals surface area contributed by atoms with Gasteiger partial charge >= 0.3 is 11.8 Å². The summed E-state index contributed by atoms with van der Waals surface area (Å²) in [6.07, 6.45) is -0.139. The summed E-state index contributed by atoms with van der Waals surface area (Å²) in [7, 11) is 0. The number of morpholine rings is 1. The smallest absolute Gasteiger partial charge is 0.313 e. The van der Waals surface area contributed by atoms with E-state index in [2.05, 4.69) is 5.32 Å². The fourth-order valence-corrected chi connectivity index (χ4v) is 2.84. The van der Waals surface area contributed by atoms with Gasteiger partial charge in [0.05, 0.1) is 22.3 Å². The van der Waals surface area contributed by atoms with Crippen LogP contribution in [0, 0.1) is 11.3 Å². The van der Waals surface area contributed by atoms with Gasteiger partial charge in [0, 0.05) is 18.8 Å². The first kappa shape index (κ1) is 17.3. The van der Waals surface area contributed by atoms with Crippen LogP contribution in [0.4, 0.5) is 5.69 Å². The number of nitrogens with one attached hydrogen (secondary N) is 1. The van der Waals surface area contributed by atoms with E-state index in [1.165, 1.54) is 23.1 Å². The molecule has 0 spiro atoms. The fourth-order valence-electron chi connectivity index (χ4n) is 2.62. The standard InChI is InChI=1S/C16H18ClN3O3/c1-10-8-20(9-16(2,3)23-10)15(22)14(21)19-12-5-4-11(7-18)13(17)6-12/h4-6,10H,8-9H2,1-3H3,(H,19,21). The van der Waals surface area contributed by atoms with E-state index in [0.717, 1.165) is 0 Å². The van der Waals surface area contributed by atoms with E-state index in [1.54, 1.807) is 0 Å². The molecule has 6 nitrogen and oxygen atoms in total. The van der Waals surface area contributed by atoms with Crippen molar-refractivity contribution in [2.24, 2.45) is 0 Å². The number of carbonyl (C=O) groups is 2. The molecule has 1 aliphatic rings. The number of carbonyl (C=O) groups excluding carboxylic acids is 2. The molecule has 1 fully saturated rings. The maximum Gasteiger partial charge on any atom is 0.313 e. The van der Waals surface area contributed by atoms with E-state index < -0.39 is 17.4 Å². The molecule has 2 amide bonds. The molecule has 1 N–H and O–H groups in total. The second kappa shape index (κ2) is 6.57. The Morgan fingerprint density at radius 1 is 1.48 bits per heavy atom. The maximum absolute atomic E-state index is 12.3. The SMILES string of the molecule is CC1CN(C(=O)C(=O)Nc2ccc(C#N)c(Cl)c2)CC(C)(C)O1. The normalized spacial score (nSPS) is 19.8. The van der Waals surface area contributed by atoms with Gasteiger partial charge in [-0.05, 0) is 39.0 Å². The molecule has 1 aliphatic heterocycles. The Bertz CT molecular complexity index is 682. The lowest BCUT2D eigenvalue weighted by atomic mass is 10.1. The Morgan fingerprint density at radius 3 is 2.74 bits per heavy atom. The van der Waals surface area contributed by atoms with Crippen LogP contribution in [0.25, 0.3) is 0 Å². The molecule has 122 valence electrons. The predicted octanol–water partition coefficient (Wildman–Crippen LogP) is 2.18. The first-order valence-electron chi connectivity index (χ1n) is 7.19. The number of rotatable bonds is 1. The van der Waals surface area contributed by atoms with Crippen LogP contribution in [0.5, 0.6) is 0 Å². The van der Waals surface area contributed by atoms with Gasteiger partial charge in [-0.25, -0.2) is 0 Å². The molecule has 1 aromatic rings. The van der Waals surface area contributed by atoms with E-state index in [-0.39, 0.29) is 11.1 Å². The van der Waals surface area contributed by atoms with Gasteiger partial charge in [-0.15, -0.1) is 0 Å². The molecule has 7 heteroatoms. The van der Waals surface area contributed by atoms with Crippen molar-refractivity contribution in [2.45, 2.75) is 32.5 Å². The first-order chi connectivity index (χ1) is 10.7. The van der Waals surface area contributed by atoms with Crippen LogP contribution in [-0.2, 0) is 14.3 Å². The van der Waals surface area contributed by atoms with Gasteiger partial charge in [-0.2, -0.15) is 5.26 Å². The van der Waals surface area contributed by atoms with Crippen LogP contribution in [0.15, 0.2) is 18.2 Å². The number of amides is 2. The number of nitriles is 1. The zero-order valence-electron chi connectivity index (χ0n) is 13.2. The maximum atomic E-state index is 12.3. The second-order valence-corrected chi connectivity index (χ2v) is 6.54. The van der Waals surface area contributed by atoms with Crippen LogP contribution < -0.4 is 5.32 Å². The molecule has 1 unspecified atom stereocenters. The van der Waals surface area contributed by atoms with Gasteiger partial charge in [-0.1, -0.05) is 11.6 Å². The highest BCUT2D eigenvalue weighted by Gasteiger charge is 2.35. The van der Waals surface area contributed by atoms with E-state index in [9.17, 15) is 9.59 Å². The van der Waals surface area contributed by atoms with Crippen LogP contribution in [0.1, 0.15) is 26.3 Å². The molecular weight excluding hydrogens is 318 g/mol. The topological polar surface area (TPSA) is 82.4 Å². The van der Waals surface area contributed by atoms with Crippen molar-refractivity contribution in [3.8, 4) is 6.07 Å². The Balaban J connectivity index is 2.07. The highest BCUT2D eigenvalue weighted by molar-refractivity contribution is 6.39. The number of hydrogen-bond donors (Lipinski definition) is 1. The van der Waals surface area contributed by atoms with Crippen molar-refractivity contribution < 1.29 is 14.3 Å². The van der Waals surface area contributed by atoms with Gasteiger partial charge in [-0.3, -0.25) is 9.59 Å². The minimum absolute atomic E-state index is 0.139. The third-order valence-electron chi connectivity index (χ3n) is 3.40. The molecule has 0 radical (unpaired) electrons. The number of hydrogen-bond acceptors (Lipinski definition) is 4. The number of nitrogens with zero attached hydrogens (tertiary/aromatic N) is 2. The average Bonchev–Trinajstić information content (AvgIpc) is 2.44. The highest BCUT2D eigenvalue weighted by Crippen LogP contribution is 2.22. The van der Waals surface area contributed by atoms with Crippen molar-refractivity contribution in [3.05, 3.63) is 28.8 Å². The van der Waals surface area contributed by atoms with Gasteiger partial charge in [0.1, 0.15) is 6.07 Å². The van der Waals surface area contributed by atoms with Gasteiger partial charge < -0.3 is 15.0 Å². The van der Waals surface area contributed by atoms with Crippen molar-refractivity contribution in [2.75, 3.05) is 18.4 Å². The van der Waals surface area contributed by atoms with Gasteiger partial charge in [0.2, 0.25) is 0 Å². The molecule has 2 rings (SSSR count). The molecule has 23 heavy (non-hydrogen) atoms. The highest BCUT2D eigenvalue weighted by atomic mass is 35.5. The molecular formula is C16H18ClN3O3. The summed E-state index contributed by atoms with van der Waals surface area (Å²) >= 11 is 5.91. The quantitative estimate of drug-likeness (QED) is 0.797. The monoisotopic (exact) mass is 335 g/mol. The number of halogens is 1. The lowest BCUT2D eigenvalue weighted by Gasteiger charge is -2.41. The summed E-state index contributed by atoms with van der Waals surface area (Å²) < 4.78 is 5.72. The lowest BCUT2D eigenvalue weighted by Crippen LogP contribution is -2.56. The van der Waals surface area contributed by atoms with Gasteiger partial charge in [0.15, 0.2) is 0 Å². The van der Waals surface area contributed by atoms with Crippen molar-refractivity contribution in [3.63, 3.8) is 0 Å². The van der Waals surface area contributed by atoms with Crippen molar-refractivity contribution in [1.29, 1.82) is 5.26 Å². The molecule has 1 aromatic carbocycles. The van der Waals surface area contributed by atoms with Crippen molar-refractivity contribution >= 4 is 29.1 Å². The summed E-state index contributed by atoms with van der Waals surface area (Å²) in [6, 6.07) is 6.39. The minimum Gasteiger partial charge on any atom is -0.369 e. The van der Waals surface area contributed by atoms with Crippen LogP contribution >= 0.6 is 11.6 Å². The fraction of sp³-hybridized carbons (Fsp3) is 0.438. The zero-order valence-corrected chi connectivity index (χ0v) is 14.0. The average molecular weight is 336 g/mol. The van der Waals surface area contributed by atoms with E-state index in [1.807, 2.05) is 26.8 Å². The molecule has 1 atom stereocenters. The Morgan fingerprint density at radius 2 is 2.17 bits per heavy atom. The molecule has 0 bridgehead atoms. The first-order valence-corrected chi connectivity index (χ1v) is 7.57. The molecule has 0 aromatic heterocycles. The van der Waals surface area contributed by atoms with Gasteiger partial charge in [0.25, 0.3) is 0 Å². The summed E-state index contributed by atoms with van der Waals surface area (Å²) in [4.78, 5) is 25.9. The summed E-state index contributed by atoms with van der Waals surface area (Å²) in [5, 5.41) is 11.6. The number of benzene rings is 1. The molecule has 0 aliphatic carbocycles. The van der Waals surface area contributed by atoms with Crippen LogP contribution in [-0.4, -0.2) is 41.5 Å². The summed E-state index contributed by atoms with van der Waals surface area (Å²) in [5.74, 6) is -1.36. The predicted molar refractivity (Wildman–Crippen MR) is 86.0 cm³/mol. The van der Waals surface area contributed by atoms with E-state index in [4.69, 9.17) is 21.6 Å². The van der Waals surface area contributed by atoms with Crippen LogP contribution in [0.2, 0.25) is 5.02 Å². The zero-order chi connectivity index (χ0) is 17.2. The number of anilines is 1. The Labute approximate surface area is 140 Å². The van der Waals surface area contributed by atoms with E-state index in [0.29, 0.717) is 24.3 Å². The lowest BCUT2D eigenvalue weighted by molar-refractivity contribution is -0.161. The molecule has 1 heterocycles. The second-order valence-electron chi connectivity index (χ2n) is 6.13. The third kappa shape index (κ3) is 4.21. The Kier molecular flexibility index (Phi) is 4.93. The van der Waals surface area contributed by atoms with Crippen molar-refractivity contribution in [1.82, 2.24) is 4.90 Å². The third-order valence-corrected chi connectivity index (χ3v) is 3.71. The summed E-state index contributed by atoms with van der Waals surface area (Å²) in [6.45, 7) is 6.32. The van der Waals surface area contributed by atoms with E-state index >= 15 is 0 Å².